The number of likely N-dealkylation sites (N-methyl/N-ethyl adjacent to an activating group) is 1. The first kappa shape index (κ1) is 11.9. The monoisotopic (exact) mass is 226 g/mol. The predicted molar refractivity (Wildman–Crippen MR) is 61.9 cm³/mol. The molecule has 1 saturated heterocycles. The van der Waals surface area contributed by atoms with Crippen LogP contribution in [0.1, 0.15) is 32.1 Å². The number of nitrogens with two attached hydrogens (primary N) is 1. The van der Waals surface area contributed by atoms with Gasteiger partial charge in [0.15, 0.2) is 0 Å². The molecule has 1 aliphatic carbocycles. The van der Waals surface area contributed by atoms with Crippen molar-refractivity contribution in [3.05, 3.63) is 0 Å². The molecule has 0 aromatic carbocycles. The van der Waals surface area contributed by atoms with Gasteiger partial charge in [0.2, 0.25) is 5.91 Å². The molecule has 92 valence electrons. The number of hydrogen-bond donors (Lipinski definition) is 1. The zero-order valence-electron chi connectivity index (χ0n) is 10.0. The van der Waals surface area contributed by atoms with E-state index >= 15 is 0 Å². The van der Waals surface area contributed by atoms with Crippen molar-refractivity contribution in [3.63, 3.8) is 0 Å². The van der Waals surface area contributed by atoms with Crippen molar-refractivity contribution in [3.8, 4) is 0 Å². The van der Waals surface area contributed by atoms with Crippen LogP contribution >= 0.6 is 0 Å². The number of carbonyl (C=O) groups is 1. The van der Waals surface area contributed by atoms with Crippen LogP contribution < -0.4 is 5.73 Å². The lowest BCUT2D eigenvalue weighted by molar-refractivity contribution is -0.137. The fourth-order valence-electron chi connectivity index (χ4n) is 2.80. The number of ether oxygens (including phenoxy) is 1. The molecule has 1 saturated carbocycles. The molecule has 0 bridgehead atoms. The summed E-state index contributed by atoms with van der Waals surface area (Å²) in [5.74, 6) is 0.291. The third-order valence-electron chi connectivity index (χ3n) is 3.91. The maximum atomic E-state index is 12.2. The molecule has 3 unspecified atom stereocenters. The van der Waals surface area contributed by atoms with Crippen LogP contribution in [-0.2, 0) is 9.53 Å². The average molecular weight is 226 g/mol. The van der Waals surface area contributed by atoms with Crippen molar-refractivity contribution in [2.24, 2.45) is 11.7 Å². The minimum absolute atomic E-state index is 0.0686. The van der Waals surface area contributed by atoms with Crippen LogP contribution in [-0.4, -0.2) is 43.2 Å². The van der Waals surface area contributed by atoms with Crippen LogP contribution in [0.15, 0.2) is 0 Å². The first-order chi connectivity index (χ1) is 7.70. The van der Waals surface area contributed by atoms with Gasteiger partial charge in [-0.1, -0.05) is 12.8 Å². The van der Waals surface area contributed by atoms with Crippen LogP contribution in [0.3, 0.4) is 0 Å². The van der Waals surface area contributed by atoms with E-state index in [9.17, 15) is 4.79 Å². The molecule has 2 N–H and O–H groups in total. The first-order valence-corrected chi connectivity index (χ1v) is 6.30. The van der Waals surface area contributed by atoms with Gasteiger partial charge in [0.1, 0.15) is 0 Å². The molecule has 0 spiro atoms. The number of nitrogens with zero attached hydrogens (tertiary/aromatic N) is 1. The molecule has 2 fully saturated rings. The lowest BCUT2D eigenvalue weighted by atomic mass is 9.89. The molecule has 0 aromatic rings. The normalized spacial score (nSPS) is 35.0. The number of carbonyl (C=O) groups excluding carboxylic acids is 1. The number of amides is 1. The van der Waals surface area contributed by atoms with E-state index in [0.717, 1.165) is 25.9 Å². The van der Waals surface area contributed by atoms with Crippen molar-refractivity contribution in [1.29, 1.82) is 0 Å². The fourth-order valence-corrected chi connectivity index (χ4v) is 2.80. The summed E-state index contributed by atoms with van der Waals surface area (Å²) in [7, 11) is 1.90. The van der Waals surface area contributed by atoms with Crippen LogP contribution in [0.25, 0.3) is 0 Å². The van der Waals surface area contributed by atoms with Gasteiger partial charge in [-0.05, 0) is 19.3 Å². The summed E-state index contributed by atoms with van der Waals surface area (Å²) in [6, 6.07) is 0.395. The molecule has 0 radical (unpaired) electrons. The molecule has 2 rings (SSSR count). The maximum Gasteiger partial charge on any atom is 0.228 e. The zero-order chi connectivity index (χ0) is 11.5. The molecule has 4 nitrogen and oxygen atoms in total. The Morgan fingerprint density at radius 1 is 1.31 bits per heavy atom. The first-order valence-electron chi connectivity index (χ1n) is 6.30. The van der Waals surface area contributed by atoms with E-state index in [2.05, 4.69) is 0 Å². The fraction of sp³-hybridized carbons (Fsp3) is 0.917. The molecule has 2 aliphatic rings. The second kappa shape index (κ2) is 5.15. The summed E-state index contributed by atoms with van der Waals surface area (Å²) in [6.45, 7) is 1.31. The second-order valence-corrected chi connectivity index (χ2v) is 5.03. The minimum Gasteiger partial charge on any atom is -0.381 e. The minimum atomic E-state index is 0.0686. The Morgan fingerprint density at radius 2 is 2.06 bits per heavy atom. The van der Waals surface area contributed by atoms with Gasteiger partial charge in [-0.2, -0.15) is 0 Å². The topological polar surface area (TPSA) is 55.6 Å². The van der Waals surface area contributed by atoms with E-state index in [1.165, 1.54) is 12.8 Å². The Bertz CT molecular complexity index is 251. The van der Waals surface area contributed by atoms with E-state index in [1.807, 2.05) is 11.9 Å². The van der Waals surface area contributed by atoms with Gasteiger partial charge in [0.05, 0.1) is 12.5 Å². The Hall–Kier alpha value is -0.610. The summed E-state index contributed by atoms with van der Waals surface area (Å²) in [6.07, 6.45) is 5.36. The van der Waals surface area contributed by atoms with Gasteiger partial charge < -0.3 is 15.4 Å². The lowest BCUT2D eigenvalue weighted by Gasteiger charge is -2.37. The SMILES string of the molecule is CN(C(=O)C1CCOC1)C1CCCCC1N. The smallest absolute Gasteiger partial charge is 0.228 e. The third-order valence-corrected chi connectivity index (χ3v) is 3.91. The number of hydrogen-bond acceptors (Lipinski definition) is 3. The highest BCUT2D eigenvalue weighted by atomic mass is 16.5. The highest BCUT2D eigenvalue weighted by molar-refractivity contribution is 5.79. The molecule has 0 aromatic heterocycles. The van der Waals surface area contributed by atoms with Gasteiger partial charge in [-0.15, -0.1) is 0 Å². The van der Waals surface area contributed by atoms with Crippen molar-refractivity contribution >= 4 is 5.91 Å². The highest BCUT2D eigenvalue weighted by Crippen LogP contribution is 2.24. The van der Waals surface area contributed by atoms with Crippen molar-refractivity contribution in [2.45, 2.75) is 44.2 Å². The zero-order valence-corrected chi connectivity index (χ0v) is 10.0. The summed E-state index contributed by atoms with van der Waals surface area (Å²) in [5, 5.41) is 0. The Morgan fingerprint density at radius 3 is 2.69 bits per heavy atom. The van der Waals surface area contributed by atoms with Crippen molar-refractivity contribution in [2.75, 3.05) is 20.3 Å². The van der Waals surface area contributed by atoms with Gasteiger partial charge >= 0.3 is 0 Å². The predicted octanol–water partition coefficient (Wildman–Crippen LogP) is 0.751. The van der Waals surface area contributed by atoms with Crippen LogP contribution in [0.5, 0.6) is 0 Å². The largest absolute Gasteiger partial charge is 0.381 e. The molecule has 1 aliphatic heterocycles. The van der Waals surface area contributed by atoms with Crippen LogP contribution in [0.2, 0.25) is 0 Å². The van der Waals surface area contributed by atoms with E-state index < -0.39 is 0 Å². The quantitative estimate of drug-likeness (QED) is 0.756. The molecule has 16 heavy (non-hydrogen) atoms. The highest BCUT2D eigenvalue weighted by Gasteiger charge is 2.33. The molecular weight excluding hydrogens is 204 g/mol. The number of rotatable bonds is 2. The molecule has 4 heteroatoms. The van der Waals surface area contributed by atoms with Crippen molar-refractivity contribution in [1.82, 2.24) is 4.90 Å². The van der Waals surface area contributed by atoms with Gasteiger partial charge in [0, 0.05) is 25.7 Å². The van der Waals surface area contributed by atoms with Crippen LogP contribution in [0, 0.1) is 5.92 Å². The standard InChI is InChI=1S/C12H22N2O2/c1-14(11-5-3-2-4-10(11)13)12(15)9-6-7-16-8-9/h9-11H,2-8,13H2,1H3. The molecule has 1 amide bonds. The van der Waals surface area contributed by atoms with E-state index in [0.29, 0.717) is 6.61 Å². The van der Waals surface area contributed by atoms with E-state index in [-0.39, 0.29) is 23.9 Å². The maximum absolute atomic E-state index is 12.2. The summed E-state index contributed by atoms with van der Waals surface area (Å²) in [4.78, 5) is 14.1. The summed E-state index contributed by atoms with van der Waals surface area (Å²) < 4.78 is 5.26. The van der Waals surface area contributed by atoms with Crippen LogP contribution in [0.4, 0.5) is 0 Å². The Kier molecular flexibility index (Phi) is 3.82. The van der Waals surface area contributed by atoms with E-state index in [1.54, 1.807) is 0 Å². The second-order valence-electron chi connectivity index (χ2n) is 5.03. The van der Waals surface area contributed by atoms with Crippen molar-refractivity contribution < 1.29 is 9.53 Å². The lowest BCUT2D eigenvalue weighted by Crippen LogP contribution is -2.51. The van der Waals surface area contributed by atoms with Gasteiger partial charge in [-0.25, -0.2) is 0 Å². The molecule has 1 heterocycles. The van der Waals surface area contributed by atoms with Gasteiger partial charge in [0.25, 0.3) is 0 Å². The Labute approximate surface area is 97.1 Å². The average Bonchev–Trinajstić information content (AvgIpc) is 2.81. The summed E-state index contributed by atoms with van der Waals surface area (Å²) >= 11 is 0. The third kappa shape index (κ3) is 2.38. The Balaban J connectivity index is 1.94. The molecular formula is C12H22N2O2. The summed E-state index contributed by atoms with van der Waals surface area (Å²) in [5.41, 5.74) is 6.09. The van der Waals surface area contributed by atoms with Gasteiger partial charge in [-0.3, -0.25) is 4.79 Å². The molecule has 3 atom stereocenters. The van der Waals surface area contributed by atoms with E-state index in [4.69, 9.17) is 10.5 Å².